The van der Waals surface area contributed by atoms with Crippen LogP contribution in [0.5, 0.6) is 0 Å². The number of benzene rings is 1. The second-order valence-corrected chi connectivity index (χ2v) is 6.70. The molecule has 2 N–H and O–H groups in total. The van der Waals surface area contributed by atoms with Crippen LogP contribution in [0, 0.1) is 5.92 Å². The van der Waals surface area contributed by atoms with Crippen LogP contribution in [0.4, 0.5) is 5.69 Å². The molecule has 1 fully saturated rings. The summed E-state index contributed by atoms with van der Waals surface area (Å²) in [6.07, 6.45) is 1.65. The second-order valence-electron chi connectivity index (χ2n) is 6.70. The van der Waals surface area contributed by atoms with Crippen molar-refractivity contribution in [2.75, 3.05) is 18.4 Å². The number of carbonyl (C=O) groups is 3. The Hall–Kier alpha value is -2.37. The lowest BCUT2D eigenvalue weighted by Gasteiger charge is -2.29. The van der Waals surface area contributed by atoms with Crippen LogP contribution in [0.15, 0.2) is 24.3 Å². The van der Waals surface area contributed by atoms with E-state index in [9.17, 15) is 14.4 Å². The maximum Gasteiger partial charge on any atom is 0.247 e. The van der Waals surface area contributed by atoms with Crippen molar-refractivity contribution in [3.63, 3.8) is 0 Å². The van der Waals surface area contributed by atoms with Crippen LogP contribution in [0.3, 0.4) is 0 Å². The van der Waals surface area contributed by atoms with E-state index in [-0.39, 0.29) is 23.6 Å². The van der Waals surface area contributed by atoms with Gasteiger partial charge < -0.3 is 15.5 Å². The zero-order valence-electron chi connectivity index (χ0n) is 15.2. The third-order valence-electron chi connectivity index (χ3n) is 4.31. The second kappa shape index (κ2) is 8.65. The highest BCUT2D eigenvalue weighted by Gasteiger charge is 2.34. The van der Waals surface area contributed by atoms with E-state index in [2.05, 4.69) is 10.6 Å². The summed E-state index contributed by atoms with van der Waals surface area (Å²) in [5, 5.41) is 5.65. The van der Waals surface area contributed by atoms with Gasteiger partial charge in [-0.25, -0.2) is 0 Å². The first-order valence-corrected chi connectivity index (χ1v) is 8.88. The van der Waals surface area contributed by atoms with Crippen molar-refractivity contribution >= 4 is 23.4 Å². The molecular formula is C19H27N3O3. The monoisotopic (exact) mass is 345 g/mol. The van der Waals surface area contributed by atoms with E-state index in [1.807, 2.05) is 32.9 Å². The van der Waals surface area contributed by atoms with Gasteiger partial charge >= 0.3 is 0 Å². The van der Waals surface area contributed by atoms with Crippen molar-refractivity contribution in [1.82, 2.24) is 10.2 Å². The zero-order chi connectivity index (χ0) is 18.4. The quantitative estimate of drug-likeness (QED) is 0.793. The standard InChI is InChI=1S/C19H27N3O3/c1-4-20-16(23)12-14-7-9-15(10-8-14)21-19(25)18(13(2)3)22-11-5-6-17(22)24/h7-10,13,18H,4-6,11-12H2,1-3H3,(H,20,23)(H,21,25)/t18-/m1/s1. The lowest BCUT2D eigenvalue weighted by atomic mass is 10.0. The van der Waals surface area contributed by atoms with Gasteiger partial charge in [-0.2, -0.15) is 0 Å². The molecule has 0 bridgehead atoms. The molecule has 2 rings (SSSR count). The van der Waals surface area contributed by atoms with Gasteiger partial charge in [0.2, 0.25) is 17.7 Å². The molecule has 0 spiro atoms. The third kappa shape index (κ3) is 5.05. The summed E-state index contributed by atoms with van der Waals surface area (Å²) in [4.78, 5) is 37.9. The van der Waals surface area contributed by atoms with Gasteiger partial charge in [0.1, 0.15) is 6.04 Å². The summed E-state index contributed by atoms with van der Waals surface area (Å²) in [7, 11) is 0. The van der Waals surface area contributed by atoms with Crippen molar-refractivity contribution in [2.45, 2.75) is 46.1 Å². The van der Waals surface area contributed by atoms with E-state index in [0.29, 0.717) is 31.6 Å². The van der Waals surface area contributed by atoms with Gasteiger partial charge in [-0.05, 0) is 37.0 Å². The molecule has 6 nitrogen and oxygen atoms in total. The Morgan fingerprint density at radius 1 is 1.20 bits per heavy atom. The molecule has 1 aromatic carbocycles. The van der Waals surface area contributed by atoms with Crippen molar-refractivity contribution in [3.8, 4) is 0 Å². The minimum atomic E-state index is -0.454. The predicted molar refractivity (Wildman–Crippen MR) is 97.0 cm³/mol. The molecule has 0 radical (unpaired) electrons. The molecule has 1 aliphatic heterocycles. The van der Waals surface area contributed by atoms with Gasteiger partial charge in [-0.15, -0.1) is 0 Å². The molecule has 0 aromatic heterocycles. The Kier molecular flexibility index (Phi) is 6.56. The van der Waals surface area contributed by atoms with Crippen molar-refractivity contribution in [2.24, 2.45) is 5.92 Å². The summed E-state index contributed by atoms with van der Waals surface area (Å²) in [6, 6.07) is 6.78. The number of likely N-dealkylation sites (tertiary alicyclic amines) is 1. The summed E-state index contributed by atoms with van der Waals surface area (Å²) >= 11 is 0. The zero-order valence-corrected chi connectivity index (χ0v) is 15.2. The molecule has 0 unspecified atom stereocenters. The Balaban J connectivity index is 2.01. The first-order valence-electron chi connectivity index (χ1n) is 8.88. The Morgan fingerprint density at radius 2 is 1.88 bits per heavy atom. The highest BCUT2D eigenvalue weighted by atomic mass is 16.2. The number of rotatable bonds is 7. The van der Waals surface area contributed by atoms with Gasteiger partial charge in [-0.1, -0.05) is 26.0 Å². The molecule has 3 amide bonds. The Labute approximate surface area is 149 Å². The number of anilines is 1. The van der Waals surface area contributed by atoms with E-state index >= 15 is 0 Å². The number of nitrogens with zero attached hydrogens (tertiary/aromatic N) is 1. The topological polar surface area (TPSA) is 78.5 Å². The number of nitrogens with one attached hydrogen (secondary N) is 2. The predicted octanol–water partition coefficient (Wildman–Crippen LogP) is 1.95. The molecule has 1 atom stereocenters. The average Bonchev–Trinajstić information content (AvgIpc) is 2.95. The van der Waals surface area contributed by atoms with Gasteiger partial charge in [-0.3, -0.25) is 14.4 Å². The summed E-state index contributed by atoms with van der Waals surface area (Å²) in [5.74, 6) is -0.0985. The molecular weight excluding hydrogens is 318 g/mol. The first-order chi connectivity index (χ1) is 11.9. The first kappa shape index (κ1) is 19.0. The molecule has 1 aliphatic rings. The Morgan fingerprint density at radius 3 is 2.40 bits per heavy atom. The summed E-state index contributed by atoms with van der Waals surface area (Å²) < 4.78 is 0. The number of carbonyl (C=O) groups excluding carboxylic acids is 3. The van der Waals surface area contributed by atoms with Crippen molar-refractivity contribution in [3.05, 3.63) is 29.8 Å². The number of likely N-dealkylation sites (N-methyl/N-ethyl adjacent to an activating group) is 1. The van der Waals surface area contributed by atoms with E-state index in [1.54, 1.807) is 17.0 Å². The van der Waals surface area contributed by atoms with Crippen molar-refractivity contribution < 1.29 is 14.4 Å². The molecule has 25 heavy (non-hydrogen) atoms. The van der Waals surface area contributed by atoms with Crippen LogP contribution >= 0.6 is 0 Å². The fourth-order valence-corrected chi connectivity index (χ4v) is 3.13. The molecule has 1 heterocycles. The molecule has 0 saturated carbocycles. The molecule has 1 aromatic rings. The SMILES string of the molecule is CCNC(=O)Cc1ccc(NC(=O)[C@@H](C(C)C)N2CCCC2=O)cc1. The molecule has 6 heteroatoms. The minimum absolute atomic E-state index is 0.0216. The third-order valence-corrected chi connectivity index (χ3v) is 4.31. The van der Waals surface area contributed by atoms with Crippen LogP contribution in [-0.2, 0) is 20.8 Å². The average molecular weight is 345 g/mol. The van der Waals surface area contributed by atoms with Crippen LogP contribution in [0.2, 0.25) is 0 Å². The van der Waals surface area contributed by atoms with Gasteiger partial charge in [0.25, 0.3) is 0 Å². The fourth-order valence-electron chi connectivity index (χ4n) is 3.13. The Bertz CT molecular complexity index is 625. The van der Waals surface area contributed by atoms with Gasteiger partial charge in [0.15, 0.2) is 0 Å². The number of hydrogen-bond acceptors (Lipinski definition) is 3. The lowest BCUT2D eigenvalue weighted by molar-refractivity contribution is -0.136. The normalized spacial score (nSPS) is 15.4. The number of hydrogen-bond donors (Lipinski definition) is 2. The van der Waals surface area contributed by atoms with Crippen molar-refractivity contribution in [1.29, 1.82) is 0 Å². The largest absolute Gasteiger partial charge is 0.356 e. The van der Waals surface area contributed by atoms with E-state index in [1.165, 1.54) is 0 Å². The molecule has 0 aliphatic carbocycles. The van der Waals surface area contributed by atoms with Crippen LogP contribution in [0.1, 0.15) is 39.2 Å². The van der Waals surface area contributed by atoms with Gasteiger partial charge in [0.05, 0.1) is 6.42 Å². The van der Waals surface area contributed by atoms with E-state index in [0.717, 1.165) is 12.0 Å². The summed E-state index contributed by atoms with van der Waals surface area (Å²) in [5.41, 5.74) is 1.56. The maximum atomic E-state index is 12.7. The maximum absolute atomic E-state index is 12.7. The van der Waals surface area contributed by atoms with E-state index < -0.39 is 6.04 Å². The van der Waals surface area contributed by atoms with Crippen LogP contribution in [-0.4, -0.2) is 41.8 Å². The minimum Gasteiger partial charge on any atom is -0.356 e. The van der Waals surface area contributed by atoms with Crippen LogP contribution in [0.25, 0.3) is 0 Å². The molecule has 1 saturated heterocycles. The van der Waals surface area contributed by atoms with Gasteiger partial charge in [0, 0.05) is 25.2 Å². The fraction of sp³-hybridized carbons (Fsp3) is 0.526. The van der Waals surface area contributed by atoms with E-state index in [4.69, 9.17) is 0 Å². The highest BCUT2D eigenvalue weighted by molar-refractivity contribution is 5.97. The molecule has 136 valence electrons. The summed E-state index contributed by atoms with van der Waals surface area (Å²) in [6.45, 7) is 7.03. The van der Waals surface area contributed by atoms with Crippen LogP contribution < -0.4 is 10.6 Å². The smallest absolute Gasteiger partial charge is 0.247 e. The lowest BCUT2D eigenvalue weighted by Crippen LogP contribution is -2.47. The highest BCUT2D eigenvalue weighted by Crippen LogP contribution is 2.21. The number of amides is 3.